The lowest BCUT2D eigenvalue weighted by molar-refractivity contribution is -0.117. The standard InChI is InChI=1S/C21H20N4O/c26-20(24-18-10-4-2-8-15(18)19-22-13-23-25-19)17-12-21(17)11-5-7-14-6-1-3-9-16(14)21/h1-4,6,8-10,13,17H,5,7,11-12H2,(H,24,26)(H,22,23,25)/t17-,21+/m0/s1. The van der Waals surface area contributed by atoms with Crippen LogP contribution in [0.25, 0.3) is 11.4 Å². The smallest absolute Gasteiger partial charge is 0.228 e. The van der Waals surface area contributed by atoms with Crippen molar-refractivity contribution in [3.05, 3.63) is 66.0 Å². The molecule has 1 heterocycles. The number of benzene rings is 2. The number of para-hydroxylation sites is 1. The van der Waals surface area contributed by atoms with Gasteiger partial charge in [0.1, 0.15) is 6.33 Å². The Balaban J connectivity index is 1.41. The number of aromatic amines is 1. The Kier molecular flexibility index (Phi) is 3.42. The molecule has 1 spiro atoms. The van der Waals surface area contributed by atoms with Crippen molar-refractivity contribution in [3.8, 4) is 11.4 Å². The molecule has 0 unspecified atom stereocenters. The fraction of sp³-hybridized carbons (Fsp3) is 0.286. The highest BCUT2D eigenvalue weighted by molar-refractivity contribution is 5.99. The first-order valence-corrected chi connectivity index (χ1v) is 9.12. The van der Waals surface area contributed by atoms with Crippen molar-refractivity contribution in [3.63, 3.8) is 0 Å². The summed E-state index contributed by atoms with van der Waals surface area (Å²) in [6.07, 6.45) is 5.81. The van der Waals surface area contributed by atoms with Gasteiger partial charge < -0.3 is 5.32 Å². The molecule has 3 aromatic rings. The molecule has 2 aliphatic carbocycles. The van der Waals surface area contributed by atoms with E-state index in [0.29, 0.717) is 5.82 Å². The minimum absolute atomic E-state index is 0.0418. The summed E-state index contributed by atoms with van der Waals surface area (Å²) in [6, 6.07) is 16.3. The normalized spacial score (nSPS) is 23.5. The minimum atomic E-state index is 0.0418. The molecule has 1 fully saturated rings. The van der Waals surface area contributed by atoms with Crippen molar-refractivity contribution >= 4 is 11.6 Å². The van der Waals surface area contributed by atoms with Crippen molar-refractivity contribution in [2.45, 2.75) is 31.1 Å². The van der Waals surface area contributed by atoms with Crippen LogP contribution in [0.2, 0.25) is 0 Å². The van der Waals surface area contributed by atoms with E-state index in [0.717, 1.165) is 36.9 Å². The Hall–Kier alpha value is -2.95. The number of hydrogen-bond donors (Lipinski definition) is 2. The van der Waals surface area contributed by atoms with Crippen LogP contribution in [-0.2, 0) is 16.6 Å². The van der Waals surface area contributed by atoms with Crippen LogP contribution in [0.5, 0.6) is 0 Å². The van der Waals surface area contributed by atoms with Crippen LogP contribution in [0.1, 0.15) is 30.4 Å². The molecule has 0 bridgehead atoms. The maximum atomic E-state index is 13.0. The first-order chi connectivity index (χ1) is 12.8. The van der Waals surface area contributed by atoms with E-state index >= 15 is 0 Å². The zero-order valence-corrected chi connectivity index (χ0v) is 14.4. The second-order valence-electron chi connectivity index (χ2n) is 7.29. The number of hydrogen-bond acceptors (Lipinski definition) is 3. The monoisotopic (exact) mass is 344 g/mol. The predicted octanol–water partition coefficient (Wildman–Crippen LogP) is 3.70. The number of nitrogens with one attached hydrogen (secondary N) is 2. The van der Waals surface area contributed by atoms with Gasteiger partial charge in [-0.05, 0) is 48.9 Å². The lowest BCUT2D eigenvalue weighted by Crippen LogP contribution is -2.25. The molecular formula is C21H20N4O. The lowest BCUT2D eigenvalue weighted by Gasteiger charge is -2.26. The van der Waals surface area contributed by atoms with Gasteiger partial charge in [-0.1, -0.05) is 36.4 Å². The van der Waals surface area contributed by atoms with E-state index in [1.165, 1.54) is 17.5 Å². The van der Waals surface area contributed by atoms with E-state index in [2.05, 4.69) is 44.8 Å². The Labute approximate surface area is 151 Å². The van der Waals surface area contributed by atoms with Gasteiger partial charge in [0, 0.05) is 16.9 Å². The number of nitrogens with zero attached hydrogens (tertiary/aromatic N) is 2. The highest BCUT2D eigenvalue weighted by Crippen LogP contribution is 2.60. The molecule has 0 aliphatic heterocycles. The van der Waals surface area contributed by atoms with Gasteiger partial charge in [-0.3, -0.25) is 9.89 Å². The predicted molar refractivity (Wildman–Crippen MR) is 99.6 cm³/mol. The molecule has 5 heteroatoms. The number of amides is 1. The van der Waals surface area contributed by atoms with Crippen LogP contribution in [0.15, 0.2) is 54.9 Å². The number of anilines is 1. The zero-order chi connectivity index (χ0) is 17.6. The van der Waals surface area contributed by atoms with Crippen LogP contribution >= 0.6 is 0 Å². The SMILES string of the molecule is O=C(Nc1ccccc1-c1ncn[nH]1)[C@@H]1C[C@@]12CCCc1ccccc12. The van der Waals surface area contributed by atoms with Gasteiger partial charge in [-0.15, -0.1) is 0 Å². The van der Waals surface area contributed by atoms with Gasteiger partial charge >= 0.3 is 0 Å². The van der Waals surface area contributed by atoms with E-state index < -0.39 is 0 Å². The molecule has 1 amide bonds. The van der Waals surface area contributed by atoms with Crippen molar-refractivity contribution in [2.75, 3.05) is 5.32 Å². The fourth-order valence-corrected chi connectivity index (χ4v) is 4.53. The molecule has 130 valence electrons. The summed E-state index contributed by atoms with van der Waals surface area (Å²) >= 11 is 0. The van der Waals surface area contributed by atoms with Crippen molar-refractivity contribution in [2.24, 2.45) is 5.92 Å². The third kappa shape index (κ3) is 2.35. The second kappa shape index (κ2) is 5.80. The van der Waals surface area contributed by atoms with Gasteiger partial charge in [-0.25, -0.2) is 4.98 Å². The lowest BCUT2D eigenvalue weighted by atomic mass is 9.78. The number of carbonyl (C=O) groups is 1. The fourth-order valence-electron chi connectivity index (χ4n) is 4.53. The number of rotatable bonds is 3. The second-order valence-corrected chi connectivity index (χ2v) is 7.29. The molecule has 26 heavy (non-hydrogen) atoms. The average Bonchev–Trinajstić information content (AvgIpc) is 3.13. The third-order valence-electron chi connectivity index (χ3n) is 5.87. The highest BCUT2D eigenvalue weighted by Gasteiger charge is 2.60. The molecule has 2 N–H and O–H groups in total. The van der Waals surface area contributed by atoms with E-state index in [1.807, 2.05) is 24.3 Å². The van der Waals surface area contributed by atoms with Gasteiger partial charge in [0.15, 0.2) is 5.82 Å². The van der Waals surface area contributed by atoms with Crippen LogP contribution in [0.4, 0.5) is 5.69 Å². The summed E-state index contributed by atoms with van der Waals surface area (Å²) in [5, 5.41) is 9.92. The van der Waals surface area contributed by atoms with Crippen LogP contribution in [0, 0.1) is 5.92 Å². The largest absolute Gasteiger partial charge is 0.325 e. The molecule has 1 saturated carbocycles. The number of aromatic nitrogens is 3. The van der Waals surface area contributed by atoms with Crippen molar-refractivity contribution in [1.82, 2.24) is 15.2 Å². The minimum Gasteiger partial charge on any atom is -0.325 e. The molecule has 2 aromatic carbocycles. The van der Waals surface area contributed by atoms with Gasteiger partial charge in [0.2, 0.25) is 5.91 Å². The van der Waals surface area contributed by atoms with Crippen molar-refractivity contribution < 1.29 is 4.79 Å². The number of aryl methyl sites for hydroxylation is 1. The van der Waals surface area contributed by atoms with E-state index in [1.54, 1.807) is 0 Å². The molecule has 2 aliphatic rings. The van der Waals surface area contributed by atoms with Crippen LogP contribution < -0.4 is 5.32 Å². The molecule has 0 saturated heterocycles. The Morgan fingerprint density at radius 1 is 1.15 bits per heavy atom. The van der Waals surface area contributed by atoms with Crippen LogP contribution in [0.3, 0.4) is 0 Å². The van der Waals surface area contributed by atoms with E-state index in [-0.39, 0.29) is 17.2 Å². The van der Waals surface area contributed by atoms with Crippen LogP contribution in [-0.4, -0.2) is 21.1 Å². The molecule has 5 nitrogen and oxygen atoms in total. The van der Waals surface area contributed by atoms with Gasteiger partial charge in [-0.2, -0.15) is 5.10 Å². The van der Waals surface area contributed by atoms with E-state index in [9.17, 15) is 4.79 Å². The summed E-state index contributed by atoms with van der Waals surface area (Å²) in [6.45, 7) is 0. The quantitative estimate of drug-likeness (QED) is 0.761. The summed E-state index contributed by atoms with van der Waals surface area (Å²) in [7, 11) is 0. The topological polar surface area (TPSA) is 70.7 Å². The Morgan fingerprint density at radius 2 is 2.00 bits per heavy atom. The molecule has 2 atom stereocenters. The summed E-state index contributed by atoms with van der Waals surface area (Å²) in [5.74, 6) is 0.815. The number of carbonyl (C=O) groups excluding carboxylic acids is 1. The molecule has 5 rings (SSSR count). The maximum absolute atomic E-state index is 13.0. The van der Waals surface area contributed by atoms with Gasteiger partial charge in [0.05, 0.1) is 5.69 Å². The van der Waals surface area contributed by atoms with Crippen molar-refractivity contribution in [1.29, 1.82) is 0 Å². The molecule has 1 aromatic heterocycles. The first kappa shape index (κ1) is 15.3. The maximum Gasteiger partial charge on any atom is 0.228 e. The average molecular weight is 344 g/mol. The van der Waals surface area contributed by atoms with E-state index in [4.69, 9.17) is 0 Å². The first-order valence-electron chi connectivity index (χ1n) is 9.12. The number of fused-ring (bicyclic) bond motifs is 2. The molecular weight excluding hydrogens is 324 g/mol. The summed E-state index contributed by atoms with van der Waals surface area (Å²) in [4.78, 5) is 17.2. The highest BCUT2D eigenvalue weighted by atomic mass is 16.2. The van der Waals surface area contributed by atoms with Gasteiger partial charge in [0.25, 0.3) is 0 Å². The number of H-pyrrole nitrogens is 1. The molecule has 0 radical (unpaired) electrons. The Bertz CT molecular complexity index is 966. The zero-order valence-electron chi connectivity index (χ0n) is 14.4. The summed E-state index contributed by atoms with van der Waals surface area (Å²) in [5.41, 5.74) is 4.48. The Morgan fingerprint density at radius 3 is 2.88 bits per heavy atom. The third-order valence-corrected chi connectivity index (χ3v) is 5.87. The summed E-state index contributed by atoms with van der Waals surface area (Å²) < 4.78 is 0.